The van der Waals surface area contributed by atoms with Crippen LogP contribution in [-0.2, 0) is 10.9 Å². The summed E-state index contributed by atoms with van der Waals surface area (Å²) in [6.07, 6.45) is -4.60. The van der Waals surface area contributed by atoms with Crippen LogP contribution in [0.3, 0.4) is 0 Å². The summed E-state index contributed by atoms with van der Waals surface area (Å²) in [4.78, 5) is 36.2. The van der Waals surface area contributed by atoms with E-state index in [1.807, 2.05) is 6.07 Å². The van der Waals surface area contributed by atoms with Crippen LogP contribution in [0.25, 0.3) is 5.57 Å². The predicted octanol–water partition coefficient (Wildman–Crippen LogP) is 4.73. The van der Waals surface area contributed by atoms with E-state index in [0.717, 1.165) is 12.1 Å². The summed E-state index contributed by atoms with van der Waals surface area (Å²) < 4.78 is 43.9. The van der Waals surface area contributed by atoms with Crippen molar-refractivity contribution in [3.63, 3.8) is 0 Å². The van der Waals surface area contributed by atoms with E-state index in [1.54, 1.807) is 20.8 Å². The zero-order valence-corrected chi connectivity index (χ0v) is 17.3. The molecule has 164 valence electrons. The Morgan fingerprint density at radius 3 is 2.22 bits per heavy atom. The van der Waals surface area contributed by atoms with Crippen molar-refractivity contribution in [1.29, 1.82) is 5.26 Å². The van der Waals surface area contributed by atoms with E-state index < -0.39 is 35.0 Å². The van der Waals surface area contributed by atoms with E-state index in [9.17, 15) is 32.8 Å². The zero-order chi connectivity index (χ0) is 23.8. The largest absolute Gasteiger partial charge is 0.416 e. The maximum Gasteiger partial charge on any atom is 0.416 e. The number of cyclic esters (lactones) is 2. The number of carbonyl (C=O) groups is 3. The Morgan fingerprint density at radius 2 is 1.62 bits per heavy atom. The lowest BCUT2D eigenvalue weighted by Gasteiger charge is -2.26. The molecule has 0 radical (unpaired) electrons. The second-order valence-electron chi connectivity index (χ2n) is 8.08. The van der Waals surface area contributed by atoms with Gasteiger partial charge in [0.05, 0.1) is 22.3 Å². The lowest BCUT2D eigenvalue weighted by atomic mass is 9.86. The molecule has 1 amide bonds. The highest BCUT2D eigenvalue weighted by Crippen LogP contribution is 2.34. The lowest BCUT2D eigenvalue weighted by molar-refractivity contribution is -0.137. The van der Waals surface area contributed by atoms with Crippen molar-refractivity contribution in [3.05, 3.63) is 76.0 Å². The van der Waals surface area contributed by atoms with Crippen LogP contribution in [0.1, 0.15) is 63.0 Å². The first-order valence-corrected chi connectivity index (χ1v) is 9.37. The molecule has 1 heterocycles. The molecule has 1 aliphatic rings. The zero-order valence-electron chi connectivity index (χ0n) is 17.3. The summed E-state index contributed by atoms with van der Waals surface area (Å²) in [5.41, 5.74) is -1.82. The Hall–Kier alpha value is -3.93. The van der Waals surface area contributed by atoms with Crippen LogP contribution in [0.4, 0.5) is 13.2 Å². The van der Waals surface area contributed by atoms with Gasteiger partial charge < -0.3 is 10.1 Å². The molecule has 0 aromatic heterocycles. The number of rotatable bonds is 3. The van der Waals surface area contributed by atoms with Crippen molar-refractivity contribution in [2.45, 2.75) is 26.9 Å². The number of halogens is 3. The van der Waals surface area contributed by atoms with Gasteiger partial charge in [-0.2, -0.15) is 18.4 Å². The molecular weight excluding hydrogens is 425 g/mol. The third-order valence-corrected chi connectivity index (χ3v) is 4.74. The molecule has 0 aliphatic carbocycles. The number of hydrogen-bond donors (Lipinski definition) is 1. The fraction of sp³-hybridized carbons (Fsp3) is 0.217. The molecule has 9 heteroatoms. The smallest absolute Gasteiger partial charge is 0.386 e. The molecule has 0 fully saturated rings. The van der Waals surface area contributed by atoms with Crippen molar-refractivity contribution >= 4 is 23.4 Å². The number of allylic oxidation sites excluding steroid dienone is 2. The predicted molar refractivity (Wildman–Crippen MR) is 107 cm³/mol. The highest BCUT2D eigenvalue weighted by atomic mass is 19.4. The number of nitriles is 1. The van der Waals surface area contributed by atoms with E-state index in [-0.39, 0.29) is 33.5 Å². The van der Waals surface area contributed by atoms with Crippen LogP contribution in [0.15, 0.2) is 48.2 Å². The van der Waals surface area contributed by atoms with Gasteiger partial charge in [0.25, 0.3) is 5.91 Å². The Morgan fingerprint density at radius 1 is 0.969 bits per heavy atom. The average molecular weight is 442 g/mol. The number of esters is 2. The molecule has 0 atom stereocenters. The SMILES string of the molecule is CC(C)(C)/C(NC(=O)c1ccc2c(c1)C(=O)OC2=O)=C(\C#N)c1cccc(C(F)(F)F)c1. The van der Waals surface area contributed by atoms with Gasteiger partial charge in [0.15, 0.2) is 0 Å². The highest BCUT2D eigenvalue weighted by molar-refractivity contribution is 6.15. The van der Waals surface area contributed by atoms with E-state index in [2.05, 4.69) is 10.1 Å². The molecule has 3 rings (SSSR count). The van der Waals surface area contributed by atoms with Crippen LogP contribution in [0.5, 0.6) is 0 Å². The van der Waals surface area contributed by atoms with Gasteiger partial charge in [-0.3, -0.25) is 4.79 Å². The van der Waals surface area contributed by atoms with E-state index in [1.165, 1.54) is 30.3 Å². The van der Waals surface area contributed by atoms with E-state index >= 15 is 0 Å². The van der Waals surface area contributed by atoms with Gasteiger partial charge in [0.2, 0.25) is 0 Å². The second-order valence-corrected chi connectivity index (χ2v) is 8.08. The molecule has 1 N–H and O–H groups in total. The van der Waals surface area contributed by atoms with Gasteiger partial charge in [0.1, 0.15) is 6.07 Å². The standard InChI is InChI=1S/C23H17F3N2O4/c1-22(2,3)18(17(11-27)12-5-4-6-14(9-12)23(24,25)26)28-19(29)13-7-8-15-16(10-13)21(31)32-20(15)30/h4-10H,1-3H3,(H,28,29)/b18-17-. The minimum atomic E-state index is -4.60. The van der Waals surface area contributed by atoms with Crippen LogP contribution in [-0.4, -0.2) is 17.8 Å². The topological polar surface area (TPSA) is 96.3 Å². The average Bonchev–Trinajstić information content (AvgIpc) is 3.00. The van der Waals surface area contributed by atoms with Gasteiger partial charge in [0, 0.05) is 16.7 Å². The molecule has 0 saturated heterocycles. The summed E-state index contributed by atoms with van der Waals surface area (Å²) in [6.45, 7) is 5.06. The summed E-state index contributed by atoms with van der Waals surface area (Å²) in [6, 6.07) is 9.93. The summed E-state index contributed by atoms with van der Waals surface area (Å²) in [5.74, 6) is -2.40. The van der Waals surface area contributed by atoms with Crippen molar-refractivity contribution < 1.29 is 32.3 Å². The minimum Gasteiger partial charge on any atom is -0.386 e. The number of fused-ring (bicyclic) bond motifs is 1. The summed E-state index contributed by atoms with van der Waals surface area (Å²) >= 11 is 0. The van der Waals surface area contributed by atoms with Crippen LogP contribution in [0, 0.1) is 16.7 Å². The lowest BCUT2D eigenvalue weighted by Crippen LogP contribution is -2.31. The van der Waals surface area contributed by atoms with Crippen LogP contribution >= 0.6 is 0 Å². The summed E-state index contributed by atoms with van der Waals surface area (Å²) in [5, 5.41) is 12.3. The number of amides is 1. The van der Waals surface area contributed by atoms with Crippen molar-refractivity contribution in [2.24, 2.45) is 5.41 Å². The normalized spacial score (nSPS) is 14.3. The third-order valence-electron chi connectivity index (χ3n) is 4.74. The molecule has 2 aromatic carbocycles. The fourth-order valence-electron chi connectivity index (χ4n) is 3.15. The number of ether oxygens (including phenoxy) is 1. The van der Waals surface area contributed by atoms with E-state index in [0.29, 0.717) is 0 Å². The molecule has 0 unspecified atom stereocenters. The Balaban J connectivity index is 2.06. The first-order valence-electron chi connectivity index (χ1n) is 9.37. The monoisotopic (exact) mass is 442 g/mol. The Bertz CT molecular complexity index is 1210. The second kappa shape index (κ2) is 7.96. The van der Waals surface area contributed by atoms with E-state index in [4.69, 9.17) is 0 Å². The number of carbonyl (C=O) groups excluding carboxylic acids is 3. The van der Waals surface area contributed by atoms with Crippen LogP contribution < -0.4 is 5.32 Å². The van der Waals surface area contributed by atoms with Crippen molar-refractivity contribution in [3.8, 4) is 6.07 Å². The molecule has 6 nitrogen and oxygen atoms in total. The summed E-state index contributed by atoms with van der Waals surface area (Å²) in [7, 11) is 0. The number of nitrogens with zero attached hydrogens (tertiary/aromatic N) is 1. The number of hydrogen-bond acceptors (Lipinski definition) is 5. The van der Waals surface area contributed by atoms with Gasteiger partial charge in [-0.1, -0.05) is 32.9 Å². The Labute approximate surface area is 181 Å². The quantitative estimate of drug-likeness (QED) is 0.421. The van der Waals surface area contributed by atoms with Gasteiger partial charge in [-0.25, -0.2) is 9.59 Å². The van der Waals surface area contributed by atoms with Gasteiger partial charge in [-0.05, 0) is 35.9 Å². The van der Waals surface area contributed by atoms with Gasteiger partial charge >= 0.3 is 18.1 Å². The third kappa shape index (κ3) is 4.39. The molecule has 1 aliphatic heterocycles. The number of alkyl halides is 3. The van der Waals surface area contributed by atoms with Crippen LogP contribution in [0.2, 0.25) is 0 Å². The maximum absolute atomic E-state index is 13.1. The first-order chi connectivity index (χ1) is 14.8. The molecule has 32 heavy (non-hydrogen) atoms. The highest BCUT2D eigenvalue weighted by Gasteiger charge is 2.33. The maximum atomic E-state index is 13.1. The first kappa shape index (κ1) is 22.7. The van der Waals surface area contributed by atoms with Crippen molar-refractivity contribution in [1.82, 2.24) is 5.32 Å². The molecule has 0 bridgehead atoms. The molecular formula is C23H17F3N2O4. The minimum absolute atomic E-state index is 0.00400. The molecule has 0 spiro atoms. The molecule has 0 saturated carbocycles. The fourth-order valence-corrected chi connectivity index (χ4v) is 3.15. The van der Waals surface area contributed by atoms with Crippen molar-refractivity contribution in [2.75, 3.05) is 0 Å². The Kier molecular flexibility index (Phi) is 5.66. The van der Waals surface area contributed by atoms with Gasteiger partial charge in [-0.15, -0.1) is 0 Å². The molecule has 2 aromatic rings. The number of benzene rings is 2. The number of nitrogens with one attached hydrogen (secondary N) is 1.